The maximum atomic E-state index is 14.7. The van der Waals surface area contributed by atoms with Crippen molar-refractivity contribution in [3.05, 3.63) is 122 Å². The van der Waals surface area contributed by atoms with E-state index in [0.29, 0.717) is 21.2 Å². The SMILES string of the molecule is O=C(c1cccs1)[C@@H]1[C@H](C(=O)c2ccc(Cl)cc2Cl)[C@]2(C(=O)Nc3ccccc32)[C@@H]2C=Cc3ccccc3N12. The van der Waals surface area contributed by atoms with Crippen molar-refractivity contribution in [1.82, 2.24) is 0 Å². The summed E-state index contributed by atoms with van der Waals surface area (Å²) in [5, 5.41) is 5.43. The summed E-state index contributed by atoms with van der Waals surface area (Å²) in [5.74, 6) is -1.97. The fourth-order valence-corrected chi connectivity index (χ4v) is 7.74. The van der Waals surface area contributed by atoms with Gasteiger partial charge in [-0.3, -0.25) is 14.4 Å². The Balaban J connectivity index is 1.55. The van der Waals surface area contributed by atoms with Crippen molar-refractivity contribution in [2.45, 2.75) is 17.5 Å². The van der Waals surface area contributed by atoms with Gasteiger partial charge in [-0.25, -0.2) is 0 Å². The number of hydrogen-bond acceptors (Lipinski definition) is 5. The lowest BCUT2D eigenvalue weighted by molar-refractivity contribution is -0.121. The summed E-state index contributed by atoms with van der Waals surface area (Å²) < 4.78 is 0. The van der Waals surface area contributed by atoms with Crippen molar-refractivity contribution in [3.8, 4) is 0 Å². The molecule has 4 atom stereocenters. The molecule has 1 spiro atoms. The Hall–Kier alpha value is -3.71. The number of ketones is 2. The van der Waals surface area contributed by atoms with E-state index in [1.165, 1.54) is 17.4 Å². The molecule has 1 amide bonds. The van der Waals surface area contributed by atoms with Crippen LogP contribution in [-0.4, -0.2) is 29.6 Å². The Morgan fingerprint density at radius 3 is 2.51 bits per heavy atom. The molecule has 39 heavy (non-hydrogen) atoms. The molecule has 0 unspecified atom stereocenters. The van der Waals surface area contributed by atoms with E-state index in [1.54, 1.807) is 18.2 Å². The number of fused-ring (bicyclic) bond motifs is 6. The molecule has 192 valence electrons. The van der Waals surface area contributed by atoms with Crippen molar-refractivity contribution in [3.63, 3.8) is 0 Å². The molecule has 3 aliphatic rings. The number of Topliss-reactive ketones (excluding diaryl/α,β-unsaturated/α-hetero) is 2. The Kier molecular flexibility index (Phi) is 5.56. The van der Waals surface area contributed by atoms with Crippen LogP contribution in [0.5, 0.6) is 0 Å². The van der Waals surface area contributed by atoms with Crippen molar-refractivity contribution in [2.24, 2.45) is 5.92 Å². The zero-order valence-corrected chi connectivity index (χ0v) is 22.6. The molecule has 0 saturated carbocycles. The van der Waals surface area contributed by atoms with Gasteiger partial charge in [-0.2, -0.15) is 0 Å². The number of carbonyl (C=O) groups excluding carboxylic acids is 3. The molecule has 3 aliphatic heterocycles. The van der Waals surface area contributed by atoms with Gasteiger partial charge < -0.3 is 10.2 Å². The van der Waals surface area contributed by atoms with E-state index in [9.17, 15) is 14.4 Å². The van der Waals surface area contributed by atoms with Crippen molar-refractivity contribution >= 4 is 69.5 Å². The third kappa shape index (κ3) is 3.35. The molecule has 8 heteroatoms. The minimum Gasteiger partial charge on any atom is -0.352 e. The lowest BCUT2D eigenvalue weighted by atomic mass is 9.64. The molecule has 0 bridgehead atoms. The monoisotopic (exact) mass is 570 g/mol. The Morgan fingerprint density at radius 2 is 1.72 bits per heavy atom. The summed E-state index contributed by atoms with van der Waals surface area (Å²) in [6.07, 6.45) is 3.93. The summed E-state index contributed by atoms with van der Waals surface area (Å²) >= 11 is 14.1. The molecule has 0 radical (unpaired) electrons. The summed E-state index contributed by atoms with van der Waals surface area (Å²) in [4.78, 5) is 45.9. The molecule has 0 aliphatic carbocycles. The highest BCUT2D eigenvalue weighted by molar-refractivity contribution is 7.12. The van der Waals surface area contributed by atoms with E-state index < -0.39 is 23.4 Å². The standard InChI is InChI=1S/C31H20Cl2N2O3S/c32-18-12-13-19(21(33)16-18)28(36)26-27(29(37)24-10-5-15-39-24)35-23-9-4-1-6-17(23)11-14-25(35)31(26)20-7-2-3-8-22(20)34-30(31)38/h1-16,25-27H,(H,34,38)/t25-,26+,27-,31+/m0/s1. The van der Waals surface area contributed by atoms with E-state index in [4.69, 9.17) is 23.2 Å². The maximum Gasteiger partial charge on any atom is 0.238 e. The number of rotatable bonds is 4. The largest absolute Gasteiger partial charge is 0.352 e. The van der Waals surface area contributed by atoms with Gasteiger partial charge in [-0.1, -0.05) is 77.8 Å². The van der Waals surface area contributed by atoms with Crippen LogP contribution < -0.4 is 10.2 Å². The van der Waals surface area contributed by atoms with Crippen LogP contribution in [0.3, 0.4) is 0 Å². The number of benzene rings is 3. The van der Waals surface area contributed by atoms with Crippen LogP contribution in [0.25, 0.3) is 6.08 Å². The van der Waals surface area contributed by atoms with Crippen molar-refractivity contribution < 1.29 is 14.4 Å². The molecule has 5 nitrogen and oxygen atoms in total. The predicted octanol–water partition coefficient (Wildman–Crippen LogP) is 6.91. The second kappa shape index (κ2) is 8.91. The quantitative estimate of drug-likeness (QED) is 0.271. The third-order valence-corrected chi connectivity index (χ3v) is 9.49. The molecule has 1 fully saturated rings. The molecule has 1 saturated heterocycles. The average molecular weight is 571 g/mol. The summed E-state index contributed by atoms with van der Waals surface area (Å²) in [5.41, 5.74) is 1.89. The number of halogens is 2. The number of nitrogens with one attached hydrogen (secondary N) is 1. The zero-order valence-electron chi connectivity index (χ0n) is 20.3. The Labute approximate surface area is 238 Å². The van der Waals surface area contributed by atoms with Gasteiger partial charge in [0.2, 0.25) is 5.91 Å². The summed E-state index contributed by atoms with van der Waals surface area (Å²) in [6.45, 7) is 0. The normalized spacial score (nSPS) is 24.3. The first-order chi connectivity index (χ1) is 18.9. The van der Waals surface area contributed by atoms with Gasteiger partial charge in [0.1, 0.15) is 11.5 Å². The van der Waals surface area contributed by atoms with E-state index in [-0.39, 0.29) is 28.1 Å². The highest BCUT2D eigenvalue weighted by Gasteiger charge is 2.70. The highest BCUT2D eigenvalue weighted by Crippen LogP contribution is 2.58. The first kappa shape index (κ1) is 24.3. The van der Waals surface area contributed by atoms with Gasteiger partial charge in [-0.15, -0.1) is 11.3 Å². The predicted molar refractivity (Wildman–Crippen MR) is 155 cm³/mol. The summed E-state index contributed by atoms with van der Waals surface area (Å²) in [7, 11) is 0. The maximum absolute atomic E-state index is 14.7. The van der Waals surface area contributed by atoms with Gasteiger partial charge in [-0.05, 0) is 52.9 Å². The number of hydrogen-bond donors (Lipinski definition) is 1. The molecule has 1 N–H and O–H groups in total. The number of nitrogens with zero attached hydrogens (tertiary/aromatic N) is 1. The lowest BCUT2D eigenvalue weighted by Gasteiger charge is -2.37. The van der Waals surface area contributed by atoms with Gasteiger partial charge in [0.15, 0.2) is 11.6 Å². The van der Waals surface area contributed by atoms with E-state index in [1.807, 2.05) is 77.0 Å². The van der Waals surface area contributed by atoms with Crippen LogP contribution >= 0.6 is 34.5 Å². The third-order valence-electron chi connectivity index (χ3n) is 8.05. The molecule has 7 rings (SSSR count). The molecular formula is C31H20Cl2N2O3S. The van der Waals surface area contributed by atoms with Crippen LogP contribution in [0.4, 0.5) is 11.4 Å². The minimum atomic E-state index is -1.38. The van der Waals surface area contributed by atoms with E-state index >= 15 is 0 Å². The van der Waals surface area contributed by atoms with E-state index in [0.717, 1.165) is 11.3 Å². The first-order valence-corrected chi connectivity index (χ1v) is 14.1. The molecular weight excluding hydrogens is 551 g/mol. The van der Waals surface area contributed by atoms with Crippen LogP contribution in [0, 0.1) is 5.92 Å². The van der Waals surface area contributed by atoms with Crippen LogP contribution in [0.15, 0.2) is 90.3 Å². The van der Waals surface area contributed by atoms with Crippen molar-refractivity contribution in [2.75, 3.05) is 10.2 Å². The minimum absolute atomic E-state index is 0.178. The Morgan fingerprint density at radius 1 is 0.923 bits per heavy atom. The first-order valence-electron chi connectivity index (χ1n) is 12.5. The molecule has 4 heterocycles. The zero-order chi connectivity index (χ0) is 26.9. The molecule has 4 aromatic rings. The van der Waals surface area contributed by atoms with Gasteiger partial charge in [0, 0.05) is 22.0 Å². The van der Waals surface area contributed by atoms with Gasteiger partial charge in [0.05, 0.1) is 21.9 Å². The smallest absolute Gasteiger partial charge is 0.238 e. The second-order valence-corrected chi connectivity index (χ2v) is 11.7. The second-order valence-electron chi connectivity index (χ2n) is 9.89. The highest BCUT2D eigenvalue weighted by atomic mass is 35.5. The molecule has 1 aromatic heterocycles. The van der Waals surface area contributed by atoms with Crippen LogP contribution in [0.1, 0.15) is 31.2 Å². The number of anilines is 2. The van der Waals surface area contributed by atoms with Gasteiger partial charge in [0.25, 0.3) is 0 Å². The van der Waals surface area contributed by atoms with Crippen LogP contribution in [-0.2, 0) is 10.2 Å². The fraction of sp³-hybridized carbons (Fsp3) is 0.129. The van der Waals surface area contributed by atoms with E-state index in [2.05, 4.69) is 5.32 Å². The van der Waals surface area contributed by atoms with Crippen molar-refractivity contribution in [1.29, 1.82) is 0 Å². The average Bonchev–Trinajstić information content (AvgIpc) is 3.65. The number of thiophene rings is 1. The topological polar surface area (TPSA) is 66.5 Å². The number of carbonyl (C=O) groups is 3. The summed E-state index contributed by atoms with van der Waals surface area (Å²) in [6, 6.07) is 21.9. The molecule has 3 aromatic carbocycles. The fourth-order valence-electron chi connectivity index (χ4n) is 6.54. The number of para-hydroxylation sites is 2. The lowest BCUT2D eigenvalue weighted by Crippen LogP contribution is -2.51. The van der Waals surface area contributed by atoms with Crippen LogP contribution in [0.2, 0.25) is 10.0 Å². The van der Waals surface area contributed by atoms with Gasteiger partial charge >= 0.3 is 0 Å². The Bertz CT molecular complexity index is 1720. The number of amides is 1.